The smallest absolute Gasteiger partial charge is 0.244 e. The molecule has 0 saturated heterocycles. The molecule has 0 spiro atoms. The summed E-state index contributed by atoms with van der Waals surface area (Å²) in [5.74, 6) is 1.02. The number of rotatable bonds is 8. The van der Waals surface area contributed by atoms with E-state index in [9.17, 15) is 8.42 Å². The van der Waals surface area contributed by atoms with Gasteiger partial charge in [-0.05, 0) is 36.1 Å². The van der Waals surface area contributed by atoms with Crippen LogP contribution < -0.4 is 14.2 Å². The lowest BCUT2D eigenvalue weighted by Crippen LogP contribution is -2.30. The normalized spacial score (nSPS) is 12.8. The second-order valence-electron chi connectivity index (χ2n) is 6.11. The van der Waals surface area contributed by atoms with Gasteiger partial charge in [-0.1, -0.05) is 19.9 Å². The van der Waals surface area contributed by atoms with Gasteiger partial charge < -0.3 is 9.47 Å². The van der Waals surface area contributed by atoms with E-state index in [0.717, 1.165) is 5.56 Å². The van der Waals surface area contributed by atoms with E-state index in [1.807, 2.05) is 19.9 Å². The summed E-state index contributed by atoms with van der Waals surface area (Å²) in [5, 5.41) is 0. The van der Waals surface area contributed by atoms with Crippen molar-refractivity contribution in [2.75, 3.05) is 14.2 Å². The van der Waals surface area contributed by atoms with Crippen LogP contribution in [-0.2, 0) is 10.0 Å². The maximum Gasteiger partial charge on any atom is 0.244 e. The number of hydrogen-bond acceptors (Lipinski definition) is 5. The minimum atomic E-state index is -3.81. The highest BCUT2D eigenvalue weighted by Crippen LogP contribution is 2.30. The van der Waals surface area contributed by atoms with Gasteiger partial charge in [-0.2, -0.15) is 0 Å². The van der Waals surface area contributed by atoms with Crippen LogP contribution in [0, 0.1) is 5.92 Å². The average molecular weight is 364 g/mol. The first-order chi connectivity index (χ1) is 11.9. The second kappa shape index (κ2) is 8.31. The molecule has 1 atom stereocenters. The highest BCUT2D eigenvalue weighted by atomic mass is 32.2. The molecule has 2 rings (SSSR count). The molecule has 0 bridgehead atoms. The zero-order valence-electron chi connectivity index (χ0n) is 14.9. The van der Waals surface area contributed by atoms with E-state index in [0.29, 0.717) is 18.1 Å². The quantitative estimate of drug-likeness (QED) is 0.778. The van der Waals surface area contributed by atoms with Crippen LogP contribution in [0.4, 0.5) is 0 Å². The standard InChI is InChI=1S/C18H24N2O4S/c1-13(2)10-16(14-6-5-9-19-12-14)20-25(21,22)18-11-15(23-3)7-8-17(18)24-4/h5-9,11-13,16,20H,10H2,1-4H3/t16-/m1/s1. The van der Waals surface area contributed by atoms with Gasteiger partial charge in [-0.25, -0.2) is 13.1 Å². The Kier molecular flexibility index (Phi) is 6.39. The molecule has 0 radical (unpaired) electrons. The van der Waals surface area contributed by atoms with Gasteiger partial charge >= 0.3 is 0 Å². The molecule has 0 amide bonds. The Hall–Kier alpha value is -2.12. The lowest BCUT2D eigenvalue weighted by atomic mass is 9.99. The summed E-state index contributed by atoms with van der Waals surface area (Å²) >= 11 is 0. The predicted molar refractivity (Wildman–Crippen MR) is 96.3 cm³/mol. The van der Waals surface area contributed by atoms with Crippen molar-refractivity contribution < 1.29 is 17.9 Å². The number of ether oxygens (including phenoxy) is 2. The summed E-state index contributed by atoms with van der Waals surface area (Å²) in [6.07, 6.45) is 3.99. The third-order valence-corrected chi connectivity index (χ3v) is 5.24. The zero-order valence-corrected chi connectivity index (χ0v) is 15.7. The van der Waals surface area contributed by atoms with Crippen molar-refractivity contribution >= 4 is 10.0 Å². The van der Waals surface area contributed by atoms with Crippen molar-refractivity contribution in [3.8, 4) is 11.5 Å². The fourth-order valence-electron chi connectivity index (χ4n) is 2.55. The molecule has 1 aromatic carbocycles. The van der Waals surface area contributed by atoms with Crippen LogP contribution in [0.5, 0.6) is 11.5 Å². The second-order valence-corrected chi connectivity index (χ2v) is 7.79. The maximum atomic E-state index is 13.0. The molecular weight excluding hydrogens is 340 g/mol. The van der Waals surface area contributed by atoms with Crippen LogP contribution in [-0.4, -0.2) is 27.6 Å². The van der Waals surface area contributed by atoms with Crippen molar-refractivity contribution in [2.45, 2.75) is 31.2 Å². The van der Waals surface area contributed by atoms with Crippen LogP contribution in [0.15, 0.2) is 47.6 Å². The van der Waals surface area contributed by atoms with E-state index < -0.39 is 10.0 Å². The van der Waals surface area contributed by atoms with E-state index in [1.165, 1.54) is 20.3 Å². The van der Waals surface area contributed by atoms with Crippen molar-refractivity contribution in [3.63, 3.8) is 0 Å². The van der Waals surface area contributed by atoms with Gasteiger partial charge in [0.2, 0.25) is 10.0 Å². The Morgan fingerprint density at radius 3 is 2.48 bits per heavy atom. The number of pyridine rings is 1. The molecule has 2 aromatic rings. The minimum absolute atomic E-state index is 0.0481. The third-order valence-electron chi connectivity index (χ3n) is 3.75. The van der Waals surface area contributed by atoms with Gasteiger partial charge in [0.15, 0.2) is 0 Å². The fraction of sp³-hybridized carbons (Fsp3) is 0.389. The fourth-order valence-corrected chi connectivity index (χ4v) is 3.97. The first-order valence-corrected chi connectivity index (χ1v) is 9.50. The lowest BCUT2D eigenvalue weighted by Gasteiger charge is -2.21. The van der Waals surface area contributed by atoms with Crippen LogP contribution >= 0.6 is 0 Å². The van der Waals surface area contributed by atoms with Crippen LogP contribution in [0.25, 0.3) is 0 Å². The average Bonchev–Trinajstić information content (AvgIpc) is 2.60. The van der Waals surface area contributed by atoms with E-state index in [1.54, 1.807) is 30.6 Å². The summed E-state index contributed by atoms with van der Waals surface area (Å²) in [7, 11) is -0.884. The molecule has 0 aliphatic carbocycles. The number of nitrogens with zero attached hydrogens (tertiary/aromatic N) is 1. The number of sulfonamides is 1. The van der Waals surface area contributed by atoms with Gasteiger partial charge in [-0.15, -0.1) is 0 Å². The molecule has 0 unspecified atom stereocenters. The Morgan fingerprint density at radius 2 is 1.92 bits per heavy atom. The molecule has 1 N–H and O–H groups in total. The largest absolute Gasteiger partial charge is 0.497 e. The molecule has 0 aliphatic heterocycles. The molecule has 0 aliphatic rings. The number of aromatic nitrogens is 1. The highest BCUT2D eigenvalue weighted by Gasteiger charge is 2.26. The lowest BCUT2D eigenvalue weighted by molar-refractivity contribution is 0.391. The molecule has 7 heteroatoms. The molecule has 1 heterocycles. The van der Waals surface area contributed by atoms with Gasteiger partial charge in [-0.3, -0.25) is 4.98 Å². The van der Waals surface area contributed by atoms with Crippen LogP contribution in [0.2, 0.25) is 0 Å². The van der Waals surface area contributed by atoms with Gasteiger partial charge in [0, 0.05) is 24.5 Å². The molecule has 0 saturated carbocycles. The minimum Gasteiger partial charge on any atom is -0.497 e. The van der Waals surface area contributed by atoms with Crippen molar-refractivity contribution in [1.82, 2.24) is 9.71 Å². The Labute approximate surface area is 149 Å². The molecule has 136 valence electrons. The van der Waals surface area contributed by atoms with Crippen molar-refractivity contribution in [3.05, 3.63) is 48.3 Å². The first-order valence-electron chi connectivity index (χ1n) is 8.01. The monoisotopic (exact) mass is 364 g/mol. The summed E-state index contributed by atoms with van der Waals surface area (Å²) in [4.78, 5) is 4.15. The molecule has 0 fully saturated rings. The van der Waals surface area contributed by atoms with E-state index in [4.69, 9.17) is 9.47 Å². The molecule has 25 heavy (non-hydrogen) atoms. The summed E-state index contributed by atoms with van der Waals surface area (Å²) in [6.45, 7) is 4.09. The maximum absolute atomic E-state index is 13.0. The number of hydrogen-bond donors (Lipinski definition) is 1. The summed E-state index contributed by atoms with van der Waals surface area (Å²) in [6, 6.07) is 7.97. The summed E-state index contributed by atoms with van der Waals surface area (Å²) in [5.41, 5.74) is 0.821. The number of methoxy groups -OCH3 is 2. The Bertz CT molecular complexity index is 792. The van der Waals surface area contributed by atoms with Crippen molar-refractivity contribution in [2.24, 2.45) is 5.92 Å². The van der Waals surface area contributed by atoms with E-state index in [-0.39, 0.29) is 16.7 Å². The number of nitrogens with one attached hydrogen (secondary N) is 1. The third kappa shape index (κ3) is 4.93. The van der Waals surface area contributed by atoms with E-state index >= 15 is 0 Å². The molecule has 1 aromatic heterocycles. The van der Waals surface area contributed by atoms with Gasteiger partial charge in [0.05, 0.1) is 14.2 Å². The summed E-state index contributed by atoms with van der Waals surface area (Å²) < 4.78 is 39.1. The SMILES string of the molecule is COc1ccc(OC)c(S(=O)(=O)N[C@H](CC(C)C)c2cccnc2)c1. The first kappa shape index (κ1) is 19.2. The molecule has 6 nitrogen and oxygen atoms in total. The van der Waals surface area contributed by atoms with Crippen molar-refractivity contribution in [1.29, 1.82) is 0 Å². The molecular formula is C18H24N2O4S. The predicted octanol–water partition coefficient (Wildman–Crippen LogP) is 3.16. The van der Waals surface area contributed by atoms with Gasteiger partial charge in [0.1, 0.15) is 16.4 Å². The van der Waals surface area contributed by atoms with E-state index in [2.05, 4.69) is 9.71 Å². The van der Waals surface area contributed by atoms with Crippen LogP contribution in [0.3, 0.4) is 0 Å². The van der Waals surface area contributed by atoms with Gasteiger partial charge in [0.25, 0.3) is 0 Å². The number of benzene rings is 1. The highest BCUT2D eigenvalue weighted by molar-refractivity contribution is 7.89. The van der Waals surface area contributed by atoms with Crippen LogP contribution in [0.1, 0.15) is 31.9 Å². The zero-order chi connectivity index (χ0) is 18.4. The topological polar surface area (TPSA) is 77.5 Å². The Morgan fingerprint density at radius 1 is 1.16 bits per heavy atom. The Balaban J connectivity index is 2.40.